The van der Waals surface area contributed by atoms with Gasteiger partial charge >= 0.3 is 0 Å². The molecule has 0 saturated carbocycles. The van der Waals surface area contributed by atoms with Crippen LogP contribution >= 0.6 is 11.6 Å². The summed E-state index contributed by atoms with van der Waals surface area (Å²) in [7, 11) is 0. The molecule has 1 aliphatic rings. The van der Waals surface area contributed by atoms with Gasteiger partial charge in [0, 0.05) is 28.9 Å². The van der Waals surface area contributed by atoms with Gasteiger partial charge in [0.05, 0.1) is 13.0 Å². The molecule has 29 heavy (non-hydrogen) atoms. The Hall–Kier alpha value is -2.53. The van der Waals surface area contributed by atoms with E-state index in [4.69, 9.17) is 16.3 Å². The number of amides is 2. The van der Waals surface area contributed by atoms with E-state index in [0.717, 1.165) is 24.9 Å². The van der Waals surface area contributed by atoms with Crippen molar-refractivity contribution in [3.63, 3.8) is 0 Å². The molecule has 2 aromatic carbocycles. The second-order valence-corrected chi connectivity index (χ2v) is 7.91. The molecule has 1 aliphatic heterocycles. The van der Waals surface area contributed by atoms with E-state index >= 15 is 0 Å². The van der Waals surface area contributed by atoms with Crippen molar-refractivity contribution in [2.45, 2.75) is 45.6 Å². The summed E-state index contributed by atoms with van der Waals surface area (Å²) in [6, 6.07) is 12.7. The Kier molecular flexibility index (Phi) is 7.15. The molecule has 5 nitrogen and oxygen atoms in total. The van der Waals surface area contributed by atoms with Gasteiger partial charge in [-0.15, -0.1) is 0 Å². The molecule has 2 aromatic rings. The third kappa shape index (κ3) is 5.73. The number of piperidine rings is 1. The molecule has 1 saturated heterocycles. The van der Waals surface area contributed by atoms with Gasteiger partial charge < -0.3 is 15.0 Å². The number of carbonyl (C=O) groups is 2. The minimum Gasteiger partial charge on any atom is -0.493 e. The highest BCUT2D eigenvalue weighted by molar-refractivity contribution is 6.30. The number of rotatable bonds is 6. The van der Waals surface area contributed by atoms with Crippen LogP contribution in [0.3, 0.4) is 0 Å². The summed E-state index contributed by atoms with van der Waals surface area (Å²) < 4.78 is 5.56. The maximum Gasteiger partial charge on any atom is 0.254 e. The maximum absolute atomic E-state index is 12.8. The average molecular weight is 415 g/mol. The number of hydrogen-bond donors (Lipinski definition) is 1. The van der Waals surface area contributed by atoms with Crippen LogP contribution in [-0.2, 0) is 4.79 Å². The lowest BCUT2D eigenvalue weighted by Gasteiger charge is -2.33. The number of halogens is 1. The highest BCUT2D eigenvalue weighted by atomic mass is 35.5. The largest absolute Gasteiger partial charge is 0.493 e. The molecule has 0 bridgehead atoms. The number of nitrogens with zero attached hydrogens (tertiary/aromatic N) is 1. The van der Waals surface area contributed by atoms with Crippen LogP contribution in [0.5, 0.6) is 5.75 Å². The number of carbonyl (C=O) groups excluding carboxylic acids is 2. The van der Waals surface area contributed by atoms with Crippen molar-refractivity contribution in [1.29, 1.82) is 0 Å². The van der Waals surface area contributed by atoms with Crippen molar-refractivity contribution in [2.24, 2.45) is 0 Å². The van der Waals surface area contributed by atoms with E-state index in [9.17, 15) is 9.59 Å². The second-order valence-electron chi connectivity index (χ2n) is 7.47. The average Bonchev–Trinajstić information content (AvgIpc) is 2.71. The van der Waals surface area contributed by atoms with E-state index in [-0.39, 0.29) is 30.9 Å². The molecule has 2 amide bonds. The summed E-state index contributed by atoms with van der Waals surface area (Å²) in [5.74, 6) is 0.605. The van der Waals surface area contributed by atoms with Crippen LogP contribution in [0.1, 0.15) is 48.5 Å². The lowest BCUT2D eigenvalue weighted by atomic mass is 10.0. The number of likely N-dealkylation sites (tertiary alicyclic amines) is 1. The van der Waals surface area contributed by atoms with Gasteiger partial charge in [-0.2, -0.15) is 0 Å². The van der Waals surface area contributed by atoms with E-state index in [0.29, 0.717) is 22.0 Å². The molecule has 6 heteroatoms. The van der Waals surface area contributed by atoms with Crippen molar-refractivity contribution in [1.82, 2.24) is 4.90 Å². The fraction of sp³-hybridized carbons (Fsp3) is 0.391. The Balaban J connectivity index is 1.53. The summed E-state index contributed by atoms with van der Waals surface area (Å²) in [5, 5.41) is 3.54. The summed E-state index contributed by atoms with van der Waals surface area (Å²) in [6.45, 7) is 5.09. The van der Waals surface area contributed by atoms with Gasteiger partial charge in [-0.3, -0.25) is 9.59 Å². The van der Waals surface area contributed by atoms with Gasteiger partial charge in [0.2, 0.25) is 5.91 Å². The van der Waals surface area contributed by atoms with Crippen molar-refractivity contribution < 1.29 is 14.3 Å². The second kappa shape index (κ2) is 9.79. The number of nitrogens with one attached hydrogen (secondary N) is 1. The Labute approximate surface area is 177 Å². The van der Waals surface area contributed by atoms with Crippen molar-refractivity contribution in [3.8, 4) is 5.75 Å². The SMILES string of the molecule is Cc1cc(C(=O)N2CCCCC2C)ccc1NC(=O)CCOc1ccc(Cl)cc1. The Morgan fingerprint density at radius 3 is 2.62 bits per heavy atom. The lowest BCUT2D eigenvalue weighted by molar-refractivity contribution is -0.116. The summed E-state index contributed by atoms with van der Waals surface area (Å²) in [4.78, 5) is 27.0. The maximum atomic E-state index is 12.8. The molecule has 1 N–H and O–H groups in total. The molecule has 0 aromatic heterocycles. The van der Waals surface area contributed by atoms with Gasteiger partial charge in [0.1, 0.15) is 5.75 Å². The molecule has 0 aliphatic carbocycles. The van der Waals surface area contributed by atoms with Gasteiger partial charge in [-0.05, 0) is 81.1 Å². The van der Waals surface area contributed by atoms with Crippen LogP contribution in [0.15, 0.2) is 42.5 Å². The zero-order valence-electron chi connectivity index (χ0n) is 16.9. The standard InChI is InChI=1S/C23H27ClN2O3/c1-16-15-18(23(28)26-13-4-3-5-17(26)2)6-11-21(16)25-22(27)12-14-29-20-9-7-19(24)8-10-20/h6-11,15,17H,3-5,12-14H2,1-2H3,(H,25,27). The molecular formula is C23H27ClN2O3. The zero-order chi connectivity index (χ0) is 20.8. The van der Waals surface area contributed by atoms with Gasteiger partial charge in [0.25, 0.3) is 5.91 Å². The minimum absolute atomic E-state index is 0.0644. The molecule has 154 valence electrons. The van der Waals surface area contributed by atoms with Gasteiger partial charge in [-0.1, -0.05) is 11.6 Å². The topological polar surface area (TPSA) is 58.6 Å². The highest BCUT2D eigenvalue weighted by Crippen LogP contribution is 2.22. The van der Waals surface area contributed by atoms with Crippen molar-refractivity contribution in [3.05, 3.63) is 58.6 Å². The Morgan fingerprint density at radius 2 is 1.93 bits per heavy atom. The van der Waals surface area contributed by atoms with Crippen LogP contribution in [0.4, 0.5) is 5.69 Å². The van der Waals surface area contributed by atoms with E-state index < -0.39 is 0 Å². The first kappa shape index (κ1) is 21.2. The number of benzene rings is 2. The third-order valence-electron chi connectivity index (χ3n) is 5.22. The van der Waals surface area contributed by atoms with Crippen LogP contribution in [0.2, 0.25) is 5.02 Å². The molecule has 0 spiro atoms. The molecule has 0 radical (unpaired) electrons. The van der Waals surface area contributed by atoms with Crippen molar-refractivity contribution >= 4 is 29.1 Å². The summed E-state index contributed by atoms with van der Waals surface area (Å²) in [6.07, 6.45) is 3.52. The van der Waals surface area contributed by atoms with E-state index in [1.807, 2.05) is 17.9 Å². The third-order valence-corrected chi connectivity index (χ3v) is 5.47. The molecule has 3 rings (SSSR count). The monoisotopic (exact) mass is 414 g/mol. The lowest BCUT2D eigenvalue weighted by Crippen LogP contribution is -2.42. The van der Waals surface area contributed by atoms with Gasteiger partial charge in [0.15, 0.2) is 0 Å². The first-order valence-corrected chi connectivity index (χ1v) is 10.4. The van der Waals surface area contributed by atoms with E-state index in [1.165, 1.54) is 6.42 Å². The summed E-state index contributed by atoms with van der Waals surface area (Å²) in [5.41, 5.74) is 2.25. The smallest absolute Gasteiger partial charge is 0.254 e. The molecule has 1 fully saturated rings. The Morgan fingerprint density at radius 1 is 1.17 bits per heavy atom. The first-order valence-electron chi connectivity index (χ1n) is 10.0. The predicted molar refractivity (Wildman–Crippen MR) is 116 cm³/mol. The zero-order valence-corrected chi connectivity index (χ0v) is 17.7. The summed E-state index contributed by atoms with van der Waals surface area (Å²) >= 11 is 5.84. The molecular weight excluding hydrogens is 388 g/mol. The first-order chi connectivity index (χ1) is 13.9. The van der Waals surface area contributed by atoms with Crippen LogP contribution < -0.4 is 10.1 Å². The Bertz CT molecular complexity index is 867. The van der Waals surface area contributed by atoms with E-state index in [1.54, 1.807) is 36.4 Å². The molecule has 1 unspecified atom stereocenters. The van der Waals surface area contributed by atoms with Crippen LogP contribution in [-0.4, -0.2) is 35.9 Å². The van der Waals surface area contributed by atoms with Gasteiger partial charge in [-0.25, -0.2) is 0 Å². The predicted octanol–water partition coefficient (Wildman–Crippen LogP) is 5.07. The highest BCUT2D eigenvalue weighted by Gasteiger charge is 2.24. The quantitative estimate of drug-likeness (QED) is 0.717. The van der Waals surface area contributed by atoms with Crippen LogP contribution in [0, 0.1) is 6.92 Å². The molecule has 1 atom stereocenters. The van der Waals surface area contributed by atoms with Crippen LogP contribution in [0.25, 0.3) is 0 Å². The number of hydrogen-bond acceptors (Lipinski definition) is 3. The number of anilines is 1. The van der Waals surface area contributed by atoms with E-state index in [2.05, 4.69) is 12.2 Å². The van der Waals surface area contributed by atoms with Crippen molar-refractivity contribution in [2.75, 3.05) is 18.5 Å². The molecule has 1 heterocycles. The number of aryl methyl sites for hydroxylation is 1. The normalized spacial score (nSPS) is 16.4. The minimum atomic E-state index is -0.134. The fourth-order valence-electron chi connectivity index (χ4n) is 3.51. The number of ether oxygens (including phenoxy) is 1. The fourth-order valence-corrected chi connectivity index (χ4v) is 3.63.